The van der Waals surface area contributed by atoms with E-state index in [1.165, 1.54) is 0 Å². The van der Waals surface area contributed by atoms with Crippen LogP contribution in [-0.4, -0.2) is 57.6 Å². The van der Waals surface area contributed by atoms with Gasteiger partial charge in [0.25, 0.3) is 5.56 Å². The van der Waals surface area contributed by atoms with Gasteiger partial charge in [-0.05, 0) is 58.2 Å². The van der Waals surface area contributed by atoms with Gasteiger partial charge in [-0.3, -0.25) is 9.69 Å². The van der Waals surface area contributed by atoms with Crippen LogP contribution < -0.4 is 24.5 Å². The molecule has 0 radical (unpaired) electrons. The lowest BCUT2D eigenvalue weighted by atomic mass is 9.99. The Kier molecular flexibility index (Phi) is 8.47. The summed E-state index contributed by atoms with van der Waals surface area (Å²) in [4.78, 5) is 18.8. The van der Waals surface area contributed by atoms with Crippen molar-refractivity contribution in [2.75, 3.05) is 27.6 Å². The first kappa shape index (κ1) is 29.2. The van der Waals surface area contributed by atoms with Gasteiger partial charge in [-0.1, -0.05) is 50.2 Å². The van der Waals surface area contributed by atoms with Crippen molar-refractivity contribution in [2.45, 2.75) is 39.4 Å². The van der Waals surface area contributed by atoms with Crippen LogP contribution in [0, 0.1) is 5.92 Å². The van der Waals surface area contributed by atoms with E-state index in [9.17, 15) is 4.79 Å². The predicted octanol–water partition coefficient (Wildman–Crippen LogP) is 4.75. The highest BCUT2D eigenvalue weighted by molar-refractivity contribution is 5.83. The summed E-state index contributed by atoms with van der Waals surface area (Å²) in [5.74, 6) is 3.53. The second-order valence-electron chi connectivity index (χ2n) is 11.2. The molecule has 0 spiro atoms. The molecular weight excluding hydrogens is 560 g/mol. The molecule has 44 heavy (non-hydrogen) atoms. The summed E-state index contributed by atoms with van der Waals surface area (Å²) in [5, 5.41) is 13.8. The molecule has 0 unspecified atom stereocenters. The maximum Gasteiger partial charge on any atom is 0.252 e. The van der Waals surface area contributed by atoms with Crippen molar-refractivity contribution in [1.82, 2.24) is 30.1 Å². The van der Waals surface area contributed by atoms with Crippen LogP contribution in [-0.2, 0) is 19.5 Å². The van der Waals surface area contributed by atoms with Crippen LogP contribution in [0.2, 0.25) is 0 Å². The lowest BCUT2D eigenvalue weighted by Gasteiger charge is -2.33. The summed E-state index contributed by atoms with van der Waals surface area (Å²) in [6.45, 7) is 6.03. The number of methoxy groups -OCH3 is 2. The molecular formula is C33H36N6O5. The first-order valence-corrected chi connectivity index (χ1v) is 14.6. The van der Waals surface area contributed by atoms with E-state index in [-0.39, 0.29) is 24.3 Å². The van der Waals surface area contributed by atoms with Crippen molar-refractivity contribution in [1.29, 1.82) is 0 Å². The number of nitrogens with zero attached hydrogens (tertiary/aromatic N) is 5. The van der Waals surface area contributed by atoms with Gasteiger partial charge in [-0.2, -0.15) is 0 Å². The third-order valence-electron chi connectivity index (χ3n) is 7.95. The highest BCUT2D eigenvalue weighted by atomic mass is 16.7. The standard InChI is InChI=1S/C33H36N6O5/c1-21(2)31(32-35-36-37-39(32)18-23-8-6-5-7-9-23)38(13-12-22-10-11-27(41-3)28(14-22)42-4)19-25-15-24-16-29-30(44-20-43-29)17-26(24)34-33(25)40/h5-11,14-17,21,31H,12-13,18-20H2,1-4H3,(H,34,40)/t31-/m0/s1. The van der Waals surface area contributed by atoms with E-state index in [0.29, 0.717) is 60.1 Å². The molecule has 1 atom stereocenters. The van der Waals surface area contributed by atoms with Crippen LogP contribution in [0.1, 0.15) is 42.4 Å². The van der Waals surface area contributed by atoms with E-state index in [1.807, 2.05) is 59.3 Å². The minimum absolute atomic E-state index is 0.134. The van der Waals surface area contributed by atoms with Crippen molar-refractivity contribution in [3.63, 3.8) is 0 Å². The molecule has 0 saturated carbocycles. The van der Waals surface area contributed by atoms with Gasteiger partial charge in [0.05, 0.1) is 32.3 Å². The average molecular weight is 597 g/mol. The number of pyridine rings is 1. The maximum atomic E-state index is 13.5. The van der Waals surface area contributed by atoms with E-state index in [0.717, 1.165) is 22.3 Å². The van der Waals surface area contributed by atoms with Gasteiger partial charge in [0, 0.05) is 30.1 Å². The SMILES string of the molecule is COc1ccc(CCN(Cc2cc3cc4c(cc3[nH]c2=O)OCO4)[C@H](c2nnnn2Cc2ccccc2)C(C)C)cc1OC. The molecule has 0 bridgehead atoms. The Labute approximate surface area is 255 Å². The van der Waals surface area contributed by atoms with Crippen LogP contribution in [0.3, 0.4) is 0 Å². The highest BCUT2D eigenvalue weighted by Crippen LogP contribution is 2.36. The highest BCUT2D eigenvalue weighted by Gasteiger charge is 2.30. The summed E-state index contributed by atoms with van der Waals surface area (Å²) >= 11 is 0. The van der Waals surface area contributed by atoms with E-state index in [4.69, 9.17) is 18.9 Å². The first-order chi connectivity index (χ1) is 21.4. The van der Waals surface area contributed by atoms with Crippen LogP contribution in [0.25, 0.3) is 10.9 Å². The normalized spacial score (nSPS) is 13.1. The molecule has 11 nitrogen and oxygen atoms in total. The number of hydrogen-bond donors (Lipinski definition) is 1. The summed E-state index contributed by atoms with van der Waals surface area (Å²) < 4.78 is 23.9. The topological polar surface area (TPSA) is 117 Å². The maximum absolute atomic E-state index is 13.5. The Morgan fingerprint density at radius 2 is 1.73 bits per heavy atom. The van der Waals surface area contributed by atoms with Crippen LogP contribution in [0.4, 0.5) is 0 Å². The zero-order valence-electron chi connectivity index (χ0n) is 25.3. The fourth-order valence-corrected chi connectivity index (χ4v) is 5.78. The Morgan fingerprint density at radius 3 is 2.48 bits per heavy atom. The third-order valence-corrected chi connectivity index (χ3v) is 7.95. The molecule has 6 rings (SSSR count). The molecule has 1 N–H and O–H groups in total. The second kappa shape index (κ2) is 12.8. The van der Waals surface area contributed by atoms with Crippen molar-refractivity contribution < 1.29 is 18.9 Å². The zero-order chi connectivity index (χ0) is 30.6. The number of ether oxygens (including phenoxy) is 4. The lowest BCUT2D eigenvalue weighted by molar-refractivity contribution is 0.136. The molecule has 11 heteroatoms. The van der Waals surface area contributed by atoms with E-state index < -0.39 is 0 Å². The summed E-state index contributed by atoms with van der Waals surface area (Å²) in [6, 6.07) is 21.5. The number of benzene rings is 3. The fourth-order valence-electron chi connectivity index (χ4n) is 5.78. The van der Waals surface area contributed by atoms with Crippen molar-refractivity contribution in [3.8, 4) is 23.0 Å². The molecule has 0 saturated heterocycles. The summed E-state index contributed by atoms with van der Waals surface area (Å²) in [6.07, 6.45) is 0.702. The fraction of sp³-hybridized carbons (Fsp3) is 0.333. The first-order valence-electron chi connectivity index (χ1n) is 14.6. The molecule has 1 aliphatic rings. The lowest BCUT2D eigenvalue weighted by Crippen LogP contribution is -2.37. The Hall–Kier alpha value is -4.90. The molecule has 2 aromatic heterocycles. The minimum atomic E-state index is -0.180. The van der Waals surface area contributed by atoms with E-state index in [1.54, 1.807) is 14.2 Å². The van der Waals surface area contributed by atoms with Crippen molar-refractivity contribution in [3.05, 3.63) is 99.6 Å². The van der Waals surface area contributed by atoms with Crippen LogP contribution in [0.5, 0.6) is 23.0 Å². The number of fused-ring (bicyclic) bond motifs is 2. The molecule has 228 valence electrons. The minimum Gasteiger partial charge on any atom is -0.493 e. The summed E-state index contributed by atoms with van der Waals surface area (Å²) in [5.41, 5.74) is 3.37. The number of H-pyrrole nitrogens is 1. The monoisotopic (exact) mass is 596 g/mol. The van der Waals surface area contributed by atoms with E-state index >= 15 is 0 Å². The predicted molar refractivity (Wildman–Crippen MR) is 165 cm³/mol. The third kappa shape index (κ3) is 6.09. The number of aromatic amines is 1. The van der Waals surface area contributed by atoms with Gasteiger partial charge in [0.1, 0.15) is 0 Å². The quantitative estimate of drug-likeness (QED) is 0.218. The second-order valence-corrected chi connectivity index (χ2v) is 11.2. The Morgan fingerprint density at radius 1 is 0.955 bits per heavy atom. The zero-order valence-corrected chi connectivity index (χ0v) is 25.3. The van der Waals surface area contributed by atoms with Gasteiger partial charge in [0.15, 0.2) is 28.8 Å². The average Bonchev–Trinajstić information content (AvgIpc) is 3.68. The summed E-state index contributed by atoms with van der Waals surface area (Å²) in [7, 11) is 3.26. The van der Waals surface area contributed by atoms with Crippen LogP contribution >= 0.6 is 0 Å². The molecule has 3 aromatic carbocycles. The van der Waals surface area contributed by atoms with Gasteiger partial charge in [-0.25, -0.2) is 4.68 Å². The Balaban J connectivity index is 1.36. The largest absolute Gasteiger partial charge is 0.493 e. The molecule has 0 fully saturated rings. The van der Waals surface area contributed by atoms with Gasteiger partial charge < -0.3 is 23.9 Å². The van der Waals surface area contributed by atoms with Crippen molar-refractivity contribution >= 4 is 10.9 Å². The molecule has 3 heterocycles. The number of rotatable bonds is 12. The van der Waals surface area contributed by atoms with Crippen molar-refractivity contribution in [2.24, 2.45) is 5.92 Å². The van der Waals surface area contributed by atoms with E-state index in [2.05, 4.69) is 51.4 Å². The number of tetrazole rings is 1. The van der Waals surface area contributed by atoms with Gasteiger partial charge >= 0.3 is 0 Å². The van der Waals surface area contributed by atoms with Gasteiger partial charge in [-0.15, -0.1) is 5.10 Å². The molecule has 0 amide bonds. The molecule has 1 aliphatic heterocycles. The number of aromatic nitrogens is 5. The smallest absolute Gasteiger partial charge is 0.252 e. The number of hydrogen-bond acceptors (Lipinski definition) is 9. The van der Waals surface area contributed by atoms with Gasteiger partial charge in [0.2, 0.25) is 6.79 Å². The Bertz CT molecular complexity index is 1800. The molecule has 5 aromatic rings. The number of nitrogens with one attached hydrogen (secondary N) is 1. The molecule has 0 aliphatic carbocycles. The van der Waals surface area contributed by atoms with Crippen LogP contribution in [0.15, 0.2) is 71.5 Å².